The number of carbonyl (C=O) groups excluding carboxylic acids is 1. The maximum atomic E-state index is 11.8. The Morgan fingerprint density at radius 1 is 1.58 bits per heavy atom. The molecule has 0 bridgehead atoms. The zero-order valence-corrected chi connectivity index (χ0v) is 11.0. The van der Waals surface area contributed by atoms with Crippen molar-refractivity contribution in [3.8, 4) is 0 Å². The van der Waals surface area contributed by atoms with Gasteiger partial charge in [-0.05, 0) is 12.8 Å². The number of allylic oxidation sites excluding steroid dienone is 1. The van der Waals surface area contributed by atoms with E-state index in [1.54, 1.807) is 6.08 Å². The lowest BCUT2D eigenvalue weighted by Crippen LogP contribution is -2.40. The van der Waals surface area contributed by atoms with Crippen LogP contribution < -0.4 is 5.32 Å². The smallest absolute Gasteiger partial charge is 0.326 e. The molecule has 19 heavy (non-hydrogen) atoms. The number of nitrogens with one attached hydrogen (secondary N) is 1. The second-order valence-electron chi connectivity index (χ2n) is 4.50. The first-order chi connectivity index (χ1) is 8.95. The fraction of sp³-hybridized carbons (Fsp3) is 0.462. The van der Waals surface area contributed by atoms with Crippen molar-refractivity contribution in [2.45, 2.75) is 38.6 Å². The van der Waals surface area contributed by atoms with Crippen LogP contribution in [0.15, 0.2) is 23.2 Å². The second-order valence-corrected chi connectivity index (χ2v) is 4.50. The summed E-state index contributed by atoms with van der Waals surface area (Å²) in [4.78, 5) is 22.8. The van der Waals surface area contributed by atoms with E-state index in [1.807, 2.05) is 13.8 Å². The molecule has 0 aliphatic rings. The number of hydrogen-bond acceptors (Lipinski definition) is 4. The average molecular weight is 266 g/mol. The van der Waals surface area contributed by atoms with Gasteiger partial charge in [-0.1, -0.05) is 25.1 Å². The molecule has 1 amide bonds. The van der Waals surface area contributed by atoms with Crippen molar-refractivity contribution in [2.24, 2.45) is 0 Å². The Morgan fingerprint density at radius 3 is 2.74 bits per heavy atom. The maximum Gasteiger partial charge on any atom is 0.326 e. The van der Waals surface area contributed by atoms with Gasteiger partial charge < -0.3 is 14.9 Å². The molecule has 1 rings (SSSR count). The van der Waals surface area contributed by atoms with Gasteiger partial charge in [0.05, 0.1) is 0 Å². The number of nitrogens with zero attached hydrogens (tertiary/aromatic N) is 1. The van der Waals surface area contributed by atoms with Crippen LogP contribution in [0, 0.1) is 0 Å². The lowest BCUT2D eigenvalue weighted by atomic mass is 10.1. The SMILES string of the molecule is C=CCCC(NC(=O)c1cc(C(C)C)on1)C(=O)O. The third kappa shape index (κ3) is 4.24. The van der Waals surface area contributed by atoms with Crippen LogP contribution in [0.1, 0.15) is 48.9 Å². The average Bonchev–Trinajstić information content (AvgIpc) is 2.83. The van der Waals surface area contributed by atoms with E-state index in [4.69, 9.17) is 9.63 Å². The quantitative estimate of drug-likeness (QED) is 0.736. The Balaban J connectivity index is 2.70. The topological polar surface area (TPSA) is 92.4 Å². The van der Waals surface area contributed by atoms with E-state index in [-0.39, 0.29) is 11.6 Å². The molecular weight excluding hydrogens is 248 g/mol. The van der Waals surface area contributed by atoms with E-state index in [0.717, 1.165) is 0 Å². The minimum atomic E-state index is -1.08. The van der Waals surface area contributed by atoms with Gasteiger partial charge in [0, 0.05) is 12.0 Å². The highest BCUT2D eigenvalue weighted by Crippen LogP contribution is 2.15. The molecule has 0 aromatic carbocycles. The summed E-state index contributed by atoms with van der Waals surface area (Å²) in [6, 6.07) is 0.566. The summed E-state index contributed by atoms with van der Waals surface area (Å²) in [6.07, 6.45) is 2.40. The minimum absolute atomic E-state index is 0.0913. The van der Waals surface area contributed by atoms with E-state index in [1.165, 1.54) is 6.07 Å². The predicted molar refractivity (Wildman–Crippen MR) is 68.9 cm³/mol. The molecular formula is C13H18N2O4. The van der Waals surface area contributed by atoms with Gasteiger partial charge in [0.25, 0.3) is 5.91 Å². The van der Waals surface area contributed by atoms with Crippen molar-refractivity contribution >= 4 is 11.9 Å². The molecule has 6 nitrogen and oxygen atoms in total. The first kappa shape index (κ1) is 14.9. The summed E-state index contributed by atoms with van der Waals surface area (Å²) < 4.78 is 5.00. The van der Waals surface area contributed by atoms with Crippen LogP contribution in [0.2, 0.25) is 0 Å². The Labute approximate surface area is 111 Å². The largest absolute Gasteiger partial charge is 0.480 e. The van der Waals surface area contributed by atoms with Crippen LogP contribution in [0.5, 0.6) is 0 Å². The first-order valence-electron chi connectivity index (χ1n) is 6.06. The molecule has 0 spiro atoms. The molecule has 1 atom stereocenters. The molecule has 0 radical (unpaired) electrons. The predicted octanol–water partition coefficient (Wildman–Crippen LogP) is 1.95. The van der Waals surface area contributed by atoms with Crippen LogP contribution in [-0.2, 0) is 4.79 Å². The van der Waals surface area contributed by atoms with Gasteiger partial charge in [-0.25, -0.2) is 4.79 Å². The van der Waals surface area contributed by atoms with Gasteiger partial charge >= 0.3 is 5.97 Å². The number of carboxylic acids is 1. The number of rotatable bonds is 7. The van der Waals surface area contributed by atoms with Gasteiger partial charge in [0.2, 0.25) is 0 Å². The molecule has 1 aromatic heterocycles. The maximum absolute atomic E-state index is 11.8. The summed E-state index contributed by atoms with van der Waals surface area (Å²) >= 11 is 0. The van der Waals surface area contributed by atoms with Crippen molar-refractivity contribution in [1.82, 2.24) is 10.5 Å². The van der Waals surface area contributed by atoms with Crippen LogP contribution in [0.3, 0.4) is 0 Å². The molecule has 0 saturated heterocycles. The van der Waals surface area contributed by atoms with Crippen molar-refractivity contribution in [3.05, 3.63) is 30.2 Å². The zero-order chi connectivity index (χ0) is 14.4. The van der Waals surface area contributed by atoms with Gasteiger partial charge in [-0.3, -0.25) is 4.79 Å². The highest BCUT2D eigenvalue weighted by molar-refractivity contribution is 5.94. The van der Waals surface area contributed by atoms with Crippen molar-refractivity contribution in [1.29, 1.82) is 0 Å². The Bertz CT molecular complexity index is 465. The van der Waals surface area contributed by atoms with Crippen LogP contribution in [0.25, 0.3) is 0 Å². The van der Waals surface area contributed by atoms with Crippen LogP contribution >= 0.6 is 0 Å². The van der Waals surface area contributed by atoms with Gasteiger partial charge in [-0.15, -0.1) is 6.58 Å². The third-order valence-corrected chi connectivity index (χ3v) is 2.59. The number of amides is 1. The number of carbonyl (C=O) groups is 2. The third-order valence-electron chi connectivity index (χ3n) is 2.59. The van der Waals surface area contributed by atoms with Crippen molar-refractivity contribution in [3.63, 3.8) is 0 Å². The van der Waals surface area contributed by atoms with Crippen molar-refractivity contribution in [2.75, 3.05) is 0 Å². The summed E-state index contributed by atoms with van der Waals surface area (Å²) in [5, 5.41) is 15.0. The van der Waals surface area contributed by atoms with E-state index >= 15 is 0 Å². The fourth-order valence-electron chi connectivity index (χ4n) is 1.44. The summed E-state index contributed by atoms with van der Waals surface area (Å²) in [5.41, 5.74) is 0.0913. The second kappa shape index (κ2) is 6.72. The van der Waals surface area contributed by atoms with Crippen LogP contribution in [0.4, 0.5) is 0 Å². The van der Waals surface area contributed by atoms with Gasteiger partial charge in [0.15, 0.2) is 5.69 Å². The Hall–Kier alpha value is -2.11. The first-order valence-corrected chi connectivity index (χ1v) is 6.06. The molecule has 0 aliphatic carbocycles. The summed E-state index contributed by atoms with van der Waals surface area (Å²) in [5.74, 6) is -0.928. The molecule has 1 unspecified atom stereocenters. The lowest BCUT2D eigenvalue weighted by molar-refractivity contribution is -0.139. The van der Waals surface area contributed by atoms with Gasteiger partial charge in [-0.2, -0.15) is 0 Å². The highest BCUT2D eigenvalue weighted by atomic mass is 16.5. The molecule has 0 aliphatic heterocycles. The van der Waals surface area contributed by atoms with E-state index in [0.29, 0.717) is 18.6 Å². The van der Waals surface area contributed by atoms with Gasteiger partial charge in [0.1, 0.15) is 11.8 Å². The minimum Gasteiger partial charge on any atom is -0.480 e. The molecule has 1 aromatic rings. The fourth-order valence-corrected chi connectivity index (χ4v) is 1.44. The van der Waals surface area contributed by atoms with E-state index < -0.39 is 17.9 Å². The van der Waals surface area contributed by atoms with E-state index in [9.17, 15) is 9.59 Å². The standard InChI is InChI=1S/C13H18N2O4/c1-4-5-6-9(13(17)18)14-12(16)10-7-11(8(2)3)19-15-10/h4,7-9H,1,5-6H2,2-3H3,(H,14,16)(H,17,18). The molecule has 2 N–H and O–H groups in total. The normalized spacial score (nSPS) is 12.2. The molecule has 0 saturated carbocycles. The molecule has 1 heterocycles. The Morgan fingerprint density at radius 2 is 2.26 bits per heavy atom. The molecule has 0 fully saturated rings. The highest BCUT2D eigenvalue weighted by Gasteiger charge is 2.22. The summed E-state index contributed by atoms with van der Waals surface area (Å²) in [7, 11) is 0. The van der Waals surface area contributed by atoms with E-state index in [2.05, 4.69) is 17.1 Å². The number of aromatic nitrogens is 1. The van der Waals surface area contributed by atoms with Crippen LogP contribution in [-0.4, -0.2) is 28.2 Å². The lowest BCUT2D eigenvalue weighted by Gasteiger charge is -2.11. The monoisotopic (exact) mass is 266 g/mol. The number of carboxylic acid groups (broad SMARTS) is 1. The number of aliphatic carboxylic acids is 1. The van der Waals surface area contributed by atoms with Crippen molar-refractivity contribution < 1.29 is 19.2 Å². The number of hydrogen-bond donors (Lipinski definition) is 2. The Kier molecular flexibility index (Phi) is 5.29. The molecule has 104 valence electrons. The summed E-state index contributed by atoms with van der Waals surface area (Å²) in [6.45, 7) is 7.34. The molecule has 6 heteroatoms. The zero-order valence-electron chi connectivity index (χ0n) is 11.0.